The molecule has 1 aromatic rings. The van der Waals surface area contributed by atoms with Gasteiger partial charge in [0, 0.05) is 12.6 Å². The fourth-order valence-electron chi connectivity index (χ4n) is 1.07. The Morgan fingerprint density at radius 2 is 2.14 bits per heavy atom. The standard InChI is InChI=1S/C9H14IN3O/c1-9(2,3)12-8(14)7-6(10)5-11-13(7)4/h5H,1-4H3,(H,12,14). The van der Waals surface area contributed by atoms with E-state index in [2.05, 4.69) is 33.0 Å². The van der Waals surface area contributed by atoms with Crippen LogP contribution in [0.5, 0.6) is 0 Å². The van der Waals surface area contributed by atoms with Gasteiger partial charge in [-0.05, 0) is 43.4 Å². The average molecular weight is 307 g/mol. The van der Waals surface area contributed by atoms with Crippen LogP contribution in [0.1, 0.15) is 31.3 Å². The Labute approximate surface area is 97.2 Å². The summed E-state index contributed by atoms with van der Waals surface area (Å²) in [7, 11) is 1.76. The molecule has 0 unspecified atom stereocenters. The fraction of sp³-hybridized carbons (Fsp3) is 0.556. The number of nitrogens with zero attached hydrogens (tertiary/aromatic N) is 2. The Morgan fingerprint density at radius 1 is 1.57 bits per heavy atom. The molecule has 0 saturated carbocycles. The predicted molar refractivity (Wildman–Crippen MR) is 63.1 cm³/mol. The number of aryl methyl sites for hydroxylation is 1. The third-order valence-electron chi connectivity index (χ3n) is 1.60. The molecule has 0 aliphatic carbocycles. The molecule has 0 saturated heterocycles. The molecule has 0 bridgehead atoms. The normalized spacial score (nSPS) is 11.5. The highest BCUT2D eigenvalue weighted by molar-refractivity contribution is 14.1. The molecule has 0 aromatic carbocycles. The van der Waals surface area contributed by atoms with Gasteiger partial charge in [0.1, 0.15) is 5.69 Å². The Bertz CT molecular complexity index is 332. The van der Waals surface area contributed by atoms with E-state index in [9.17, 15) is 4.79 Å². The van der Waals surface area contributed by atoms with Crippen molar-refractivity contribution >= 4 is 28.5 Å². The van der Waals surface area contributed by atoms with Crippen molar-refractivity contribution in [2.75, 3.05) is 0 Å². The van der Waals surface area contributed by atoms with Crippen LogP contribution < -0.4 is 5.32 Å². The Hall–Kier alpha value is -0.590. The molecule has 0 aliphatic heterocycles. The van der Waals surface area contributed by atoms with Crippen LogP contribution in [0.15, 0.2) is 6.20 Å². The van der Waals surface area contributed by atoms with Crippen LogP contribution in [-0.2, 0) is 7.05 Å². The van der Waals surface area contributed by atoms with Gasteiger partial charge in [-0.25, -0.2) is 0 Å². The highest BCUT2D eigenvalue weighted by atomic mass is 127. The molecule has 0 spiro atoms. The number of halogens is 1. The number of amides is 1. The summed E-state index contributed by atoms with van der Waals surface area (Å²) in [6.45, 7) is 5.86. The van der Waals surface area contributed by atoms with Crippen molar-refractivity contribution in [3.05, 3.63) is 15.5 Å². The molecule has 14 heavy (non-hydrogen) atoms. The molecule has 0 aliphatic rings. The summed E-state index contributed by atoms with van der Waals surface area (Å²) >= 11 is 2.10. The van der Waals surface area contributed by atoms with Crippen molar-refractivity contribution in [1.29, 1.82) is 0 Å². The summed E-state index contributed by atoms with van der Waals surface area (Å²) in [6.07, 6.45) is 1.68. The molecular weight excluding hydrogens is 293 g/mol. The molecule has 0 atom stereocenters. The van der Waals surface area contributed by atoms with E-state index in [1.54, 1.807) is 17.9 Å². The lowest BCUT2D eigenvalue weighted by atomic mass is 10.1. The highest BCUT2D eigenvalue weighted by Crippen LogP contribution is 2.11. The second-order valence-corrected chi connectivity index (χ2v) is 5.33. The second kappa shape index (κ2) is 3.88. The first-order valence-corrected chi connectivity index (χ1v) is 5.39. The summed E-state index contributed by atoms with van der Waals surface area (Å²) in [5, 5.41) is 6.91. The lowest BCUT2D eigenvalue weighted by Crippen LogP contribution is -2.41. The zero-order valence-corrected chi connectivity index (χ0v) is 10.9. The number of carbonyl (C=O) groups excluding carboxylic acids is 1. The zero-order chi connectivity index (χ0) is 10.9. The minimum absolute atomic E-state index is 0.0816. The minimum atomic E-state index is -0.218. The van der Waals surface area contributed by atoms with Crippen molar-refractivity contribution in [2.24, 2.45) is 7.05 Å². The fourth-order valence-corrected chi connectivity index (χ4v) is 1.78. The molecule has 0 radical (unpaired) electrons. The molecule has 1 heterocycles. The SMILES string of the molecule is Cn1ncc(I)c1C(=O)NC(C)(C)C. The summed E-state index contributed by atoms with van der Waals surface area (Å²) in [6, 6.07) is 0. The molecule has 78 valence electrons. The number of hydrogen-bond donors (Lipinski definition) is 1. The van der Waals surface area contributed by atoms with Gasteiger partial charge in [-0.1, -0.05) is 0 Å². The molecule has 0 fully saturated rings. The lowest BCUT2D eigenvalue weighted by Gasteiger charge is -2.20. The van der Waals surface area contributed by atoms with Crippen molar-refractivity contribution in [3.63, 3.8) is 0 Å². The number of hydrogen-bond acceptors (Lipinski definition) is 2. The van der Waals surface area contributed by atoms with E-state index in [4.69, 9.17) is 0 Å². The largest absolute Gasteiger partial charge is 0.346 e. The van der Waals surface area contributed by atoms with Gasteiger partial charge in [0.15, 0.2) is 0 Å². The topological polar surface area (TPSA) is 46.9 Å². The van der Waals surface area contributed by atoms with Crippen LogP contribution in [0.2, 0.25) is 0 Å². The van der Waals surface area contributed by atoms with Crippen molar-refractivity contribution in [3.8, 4) is 0 Å². The van der Waals surface area contributed by atoms with Crippen molar-refractivity contribution in [2.45, 2.75) is 26.3 Å². The van der Waals surface area contributed by atoms with E-state index in [0.29, 0.717) is 5.69 Å². The van der Waals surface area contributed by atoms with E-state index in [0.717, 1.165) is 3.57 Å². The highest BCUT2D eigenvalue weighted by Gasteiger charge is 2.20. The Morgan fingerprint density at radius 3 is 2.50 bits per heavy atom. The minimum Gasteiger partial charge on any atom is -0.346 e. The van der Waals surface area contributed by atoms with E-state index < -0.39 is 0 Å². The van der Waals surface area contributed by atoms with Gasteiger partial charge >= 0.3 is 0 Å². The third kappa shape index (κ3) is 2.70. The zero-order valence-electron chi connectivity index (χ0n) is 8.76. The predicted octanol–water partition coefficient (Wildman–Crippen LogP) is 1.55. The van der Waals surface area contributed by atoms with Crippen LogP contribution in [0.4, 0.5) is 0 Å². The van der Waals surface area contributed by atoms with Crippen LogP contribution in [0.3, 0.4) is 0 Å². The summed E-state index contributed by atoms with van der Waals surface area (Å²) in [5.41, 5.74) is 0.394. The van der Waals surface area contributed by atoms with Crippen LogP contribution in [0, 0.1) is 3.57 Å². The Balaban J connectivity index is 2.90. The van der Waals surface area contributed by atoms with E-state index >= 15 is 0 Å². The first-order chi connectivity index (χ1) is 6.31. The lowest BCUT2D eigenvalue weighted by molar-refractivity contribution is 0.0909. The van der Waals surface area contributed by atoms with Crippen molar-refractivity contribution in [1.82, 2.24) is 15.1 Å². The van der Waals surface area contributed by atoms with Gasteiger partial charge in [-0.3, -0.25) is 9.48 Å². The average Bonchev–Trinajstić information content (AvgIpc) is 2.27. The number of rotatable bonds is 1. The van der Waals surface area contributed by atoms with E-state index in [1.807, 2.05) is 20.8 Å². The molecule has 1 rings (SSSR count). The number of carbonyl (C=O) groups is 1. The summed E-state index contributed by atoms with van der Waals surface area (Å²) in [4.78, 5) is 11.8. The van der Waals surface area contributed by atoms with Crippen LogP contribution >= 0.6 is 22.6 Å². The molecule has 5 heteroatoms. The monoisotopic (exact) mass is 307 g/mol. The smallest absolute Gasteiger partial charge is 0.271 e. The Kier molecular flexibility index (Phi) is 3.18. The van der Waals surface area contributed by atoms with Gasteiger partial charge in [0.05, 0.1) is 9.77 Å². The van der Waals surface area contributed by atoms with Gasteiger partial charge in [0.25, 0.3) is 5.91 Å². The maximum Gasteiger partial charge on any atom is 0.271 e. The first kappa shape index (κ1) is 11.5. The molecule has 1 N–H and O–H groups in total. The maximum atomic E-state index is 11.8. The van der Waals surface area contributed by atoms with Gasteiger partial charge in [-0.15, -0.1) is 0 Å². The van der Waals surface area contributed by atoms with E-state index in [-0.39, 0.29) is 11.4 Å². The summed E-state index contributed by atoms with van der Waals surface area (Å²) in [5.74, 6) is -0.0816. The third-order valence-corrected chi connectivity index (χ3v) is 2.39. The molecule has 4 nitrogen and oxygen atoms in total. The van der Waals surface area contributed by atoms with Crippen LogP contribution in [0.25, 0.3) is 0 Å². The molecule has 1 aromatic heterocycles. The summed E-state index contributed by atoms with van der Waals surface area (Å²) < 4.78 is 2.45. The first-order valence-electron chi connectivity index (χ1n) is 4.31. The number of nitrogens with one attached hydrogen (secondary N) is 1. The molecule has 1 amide bonds. The van der Waals surface area contributed by atoms with E-state index in [1.165, 1.54) is 0 Å². The van der Waals surface area contributed by atoms with Crippen LogP contribution in [-0.4, -0.2) is 21.2 Å². The number of aromatic nitrogens is 2. The maximum absolute atomic E-state index is 11.8. The second-order valence-electron chi connectivity index (χ2n) is 4.17. The molecular formula is C9H14IN3O. The van der Waals surface area contributed by atoms with Gasteiger partial charge in [0.2, 0.25) is 0 Å². The van der Waals surface area contributed by atoms with Crippen molar-refractivity contribution < 1.29 is 4.79 Å². The quantitative estimate of drug-likeness (QED) is 0.800. The van der Waals surface area contributed by atoms with Gasteiger partial charge in [-0.2, -0.15) is 5.10 Å². The van der Waals surface area contributed by atoms with Gasteiger partial charge < -0.3 is 5.32 Å².